The van der Waals surface area contributed by atoms with E-state index in [4.69, 9.17) is 11.6 Å². The molecule has 3 amide bonds. The van der Waals surface area contributed by atoms with E-state index >= 15 is 0 Å². The predicted molar refractivity (Wildman–Crippen MR) is 86.6 cm³/mol. The molecule has 6 heteroatoms. The molecule has 0 bridgehead atoms. The first-order chi connectivity index (χ1) is 11.0. The highest BCUT2D eigenvalue weighted by atomic mass is 35.5. The maximum Gasteiger partial charge on any atom is 0.262 e. The average molecular weight is 329 g/mol. The second-order valence-electron chi connectivity index (χ2n) is 5.25. The van der Waals surface area contributed by atoms with E-state index in [0.29, 0.717) is 21.8 Å². The van der Waals surface area contributed by atoms with Crippen LogP contribution in [0.2, 0.25) is 5.02 Å². The molecular weight excluding hydrogens is 316 g/mol. The monoisotopic (exact) mass is 328 g/mol. The van der Waals surface area contributed by atoms with Gasteiger partial charge in [0, 0.05) is 10.7 Å². The van der Waals surface area contributed by atoms with Crippen molar-refractivity contribution in [3.63, 3.8) is 0 Å². The van der Waals surface area contributed by atoms with Crippen molar-refractivity contribution < 1.29 is 14.4 Å². The van der Waals surface area contributed by atoms with Gasteiger partial charge in [-0.25, -0.2) is 0 Å². The molecule has 0 spiro atoms. The van der Waals surface area contributed by atoms with Gasteiger partial charge in [0.05, 0.1) is 11.1 Å². The number of anilines is 1. The highest BCUT2D eigenvalue weighted by Gasteiger charge is 2.36. The molecule has 0 radical (unpaired) electrons. The normalized spacial score (nSPS) is 13.2. The van der Waals surface area contributed by atoms with Crippen LogP contribution in [-0.4, -0.2) is 29.2 Å². The van der Waals surface area contributed by atoms with E-state index in [-0.39, 0.29) is 6.54 Å². The molecule has 23 heavy (non-hydrogen) atoms. The van der Waals surface area contributed by atoms with Crippen molar-refractivity contribution in [2.75, 3.05) is 11.9 Å². The average Bonchev–Trinajstić information content (AvgIpc) is 2.76. The number of imide groups is 1. The van der Waals surface area contributed by atoms with E-state index in [1.165, 1.54) is 0 Å². The minimum atomic E-state index is -0.455. The van der Waals surface area contributed by atoms with Crippen molar-refractivity contribution in [2.45, 2.75) is 6.92 Å². The van der Waals surface area contributed by atoms with Crippen molar-refractivity contribution in [3.8, 4) is 0 Å². The SMILES string of the molecule is Cc1ccc(Cl)cc1NC(=O)CN1C(=O)c2ccccc2C1=O. The molecule has 2 aromatic carbocycles. The number of benzene rings is 2. The molecular formula is C17H13ClN2O3. The Bertz CT molecular complexity index is 797. The minimum absolute atomic E-state index is 0.323. The van der Waals surface area contributed by atoms with E-state index in [2.05, 4.69) is 5.32 Å². The van der Waals surface area contributed by atoms with E-state index < -0.39 is 17.7 Å². The Labute approximate surface area is 137 Å². The molecule has 0 atom stereocenters. The fraction of sp³-hybridized carbons (Fsp3) is 0.118. The summed E-state index contributed by atoms with van der Waals surface area (Å²) >= 11 is 5.91. The van der Waals surface area contributed by atoms with Gasteiger partial charge in [-0.05, 0) is 36.8 Å². The maximum atomic E-state index is 12.2. The lowest BCUT2D eigenvalue weighted by molar-refractivity contribution is -0.116. The lowest BCUT2D eigenvalue weighted by atomic mass is 10.1. The number of amides is 3. The van der Waals surface area contributed by atoms with E-state index in [1.807, 2.05) is 6.92 Å². The van der Waals surface area contributed by atoms with Crippen LogP contribution >= 0.6 is 11.6 Å². The minimum Gasteiger partial charge on any atom is -0.324 e. The topological polar surface area (TPSA) is 66.5 Å². The Balaban J connectivity index is 1.76. The van der Waals surface area contributed by atoms with Gasteiger partial charge in [0.25, 0.3) is 11.8 Å². The van der Waals surface area contributed by atoms with Crippen LogP contribution in [0.5, 0.6) is 0 Å². The summed E-state index contributed by atoms with van der Waals surface area (Å²) in [5, 5.41) is 3.17. The molecule has 1 aliphatic heterocycles. The lowest BCUT2D eigenvalue weighted by Crippen LogP contribution is -2.37. The summed E-state index contributed by atoms with van der Waals surface area (Å²) in [4.78, 5) is 37.6. The predicted octanol–water partition coefficient (Wildman–Crippen LogP) is 2.88. The van der Waals surface area contributed by atoms with Crippen LogP contribution in [0.25, 0.3) is 0 Å². The molecule has 0 unspecified atom stereocenters. The lowest BCUT2D eigenvalue weighted by Gasteiger charge is -2.14. The van der Waals surface area contributed by atoms with Crippen molar-refractivity contribution in [3.05, 3.63) is 64.2 Å². The number of rotatable bonds is 3. The zero-order valence-corrected chi connectivity index (χ0v) is 13.1. The van der Waals surface area contributed by atoms with Gasteiger partial charge >= 0.3 is 0 Å². The Kier molecular flexibility index (Phi) is 3.88. The van der Waals surface area contributed by atoms with Gasteiger partial charge in [0.1, 0.15) is 6.54 Å². The van der Waals surface area contributed by atoms with Crippen LogP contribution in [0.4, 0.5) is 5.69 Å². The second-order valence-corrected chi connectivity index (χ2v) is 5.69. The van der Waals surface area contributed by atoms with Gasteiger partial charge in [0.2, 0.25) is 5.91 Å². The second kappa shape index (κ2) is 5.85. The van der Waals surface area contributed by atoms with E-state index in [1.54, 1.807) is 42.5 Å². The first-order valence-electron chi connectivity index (χ1n) is 6.98. The first-order valence-corrected chi connectivity index (χ1v) is 7.36. The van der Waals surface area contributed by atoms with Crippen LogP contribution < -0.4 is 5.32 Å². The molecule has 0 aromatic heterocycles. The first kappa shape index (κ1) is 15.2. The van der Waals surface area contributed by atoms with E-state index in [9.17, 15) is 14.4 Å². The number of fused-ring (bicyclic) bond motifs is 1. The molecule has 1 N–H and O–H groups in total. The molecule has 0 fully saturated rings. The number of carbonyl (C=O) groups excluding carboxylic acids is 3. The van der Waals surface area contributed by atoms with Crippen molar-refractivity contribution in [1.82, 2.24) is 4.90 Å². The zero-order chi connectivity index (χ0) is 16.6. The summed E-state index contributed by atoms with van der Waals surface area (Å²) in [6.45, 7) is 1.49. The molecule has 0 saturated carbocycles. The van der Waals surface area contributed by atoms with Gasteiger partial charge < -0.3 is 5.32 Å². The van der Waals surface area contributed by atoms with Gasteiger partial charge in [-0.3, -0.25) is 19.3 Å². The van der Waals surface area contributed by atoms with Crippen LogP contribution in [-0.2, 0) is 4.79 Å². The molecule has 0 aliphatic carbocycles. The standard InChI is InChI=1S/C17H13ClN2O3/c1-10-6-7-11(18)8-14(10)19-15(21)9-20-16(22)12-4-2-3-5-13(12)17(20)23/h2-8H,9H2,1H3,(H,19,21). The fourth-order valence-electron chi connectivity index (χ4n) is 2.44. The summed E-state index contributed by atoms with van der Waals surface area (Å²) in [5.41, 5.74) is 2.04. The maximum absolute atomic E-state index is 12.2. The summed E-state index contributed by atoms with van der Waals surface area (Å²) in [6, 6.07) is 11.6. The molecule has 3 rings (SSSR count). The Morgan fingerprint density at radius 2 is 1.70 bits per heavy atom. The van der Waals surface area contributed by atoms with Gasteiger partial charge in [-0.15, -0.1) is 0 Å². The third-order valence-electron chi connectivity index (χ3n) is 3.65. The summed E-state index contributed by atoms with van der Waals surface area (Å²) in [6.07, 6.45) is 0. The van der Waals surface area contributed by atoms with Crippen molar-refractivity contribution in [2.24, 2.45) is 0 Å². The van der Waals surface area contributed by atoms with Crippen LogP contribution in [0, 0.1) is 6.92 Å². The number of hydrogen-bond acceptors (Lipinski definition) is 3. The highest BCUT2D eigenvalue weighted by molar-refractivity contribution is 6.31. The van der Waals surface area contributed by atoms with E-state index in [0.717, 1.165) is 10.5 Å². The number of aryl methyl sites for hydroxylation is 1. The summed E-state index contributed by atoms with van der Waals surface area (Å²) in [5.74, 6) is -1.36. The van der Waals surface area contributed by atoms with Crippen LogP contribution in [0.3, 0.4) is 0 Å². The number of halogens is 1. The van der Waals surface area contributed by atoms with Gasteiger partial charge in [0.15, 0.2) is 0 Å². The molecule has 116 valence electrons. The number of nitrogens with zero attached hydrogens (tertiary/aromatic N) is 1. The Morgan fingerprint density at radius 3 is 2.30 bits per heavy atom. The number of carbonyl (C=O) groups is 3. The Hall–Kier alpha value is -2.66. The van der Waals surface area contributed by atoms with Crippen molar-refractivity contribution in [1.29, 1.82) is 0 Å². The molecule has 2 aromatic rings. The highest BCUT2D eigenvalue weighted by Crippen LogP contribution is 2.23. The zero-order valence-electron chi connectivity index (χ0n) is 12.3. The molecule has 1 aliphatic rings. The molecule has 5 nitrogen and oxygen atoms in total. The number of hydrogen-bond donors (Lipinski definition) is 1. The third kappa shape index (κ3) is 2.83. The van der Waals surface area contributed by atoms with Crippen molar-refractivity contribution >= 4 is 35.0 Å². The van der Waals surface area contributed by atoms with Crippen LogP contribution in [0.1, 0.15) is 26.3 Å². The smallest absolute Gasteiger partial charge is 0.262 e. The molecule has 1 heterocycles. The molecule has 0 saturated heterocycles. The Morgan fingerprint density at radius 1 is 1.09 bits per heavy atom. The fourth-order valence-corrected chi connectivity index (χ4v) is 2.62. The van der Waals surface area contributed by atoms with Crippen LogP contribution in [0.15, 0.2) is 42.5 Å². The number of nitrogens with one attached hydrogen (secondary N) is 1. The third-order valence-corrected chi connectivity index (χ3v) is 3.89. The largest absolute Gasteiger partial charge is 0.324 e. The van der Waals surface area contributed by atoms with Gasteiger partial charge in [-0.1, -0.05) is 29.8 Å². The van der Waals surface area contributed by atoms with Gasteiger partial charge in [-0.2, -0.15) is 0 Å². The summed E-state index contributed by atoms with van der Waals surface area (Å²) in [7, 11) is 0. The summed E-state index contributed by atoms with van der Waals surface area (Å²) < 4.78 is 0. The quantitative estimate of drug-likeness (QED) is 0.881.